The number of carbonyl (C=O) groups excluding carboxylic acids is 1. The molecule has 31 heavy (non-hydrogen) atoms. The molecule has 0 aliphatic carbocycles. The third-order valence-electron chi connectivity index (χ3n) is 5.20. The Morgan fingerprint density at radius 3 is 2.32 bits per heavy atom. The molecular formula is C23H33N5O3. The van der Waals surface area contributed by atoms with Gasteiger partial charge < -0.3 is 25.8 Å². The molecule has 1 aliphatic heterocycles. The maximum absolute atomic E-state index is 11.1. The van der Waals surface area contributed by atoms with Gasteiger partial charge in [-0.2, -0.15) is 0 Å². The van der Waals surface area contributed by atoms with Crippen LogP contribution in [0.3, 0.4) is 0 Å². The van der Waals surface area contributed by atoms with Crippen LogP contribution in [0.1, 0.15) is 39.2 Å². The minimum atomic E-state index is -0.122. The molecule has 0 atom stereocenters. The van der Waals surface area contributed by atoms with Crippen molar-refractivity contribution in [1.82, 2.24) is 9.88 Å². The molecule has 168 valence electrons. The van der Waals surface area contributed by atoms with Gasteiger partial charge in [0, 0.05) is 32.6 Å². The van der Waals surface area contributed by atoms with Crippen LogP contribution in [0.15, 0.2) is 30.5 Å². The van der Waals surface area contributed by atoms with Crippen molar-refractivity contribution in [3.05, 3.63) is 36.0 Å². The van der Waals surface area contributed by atoms with Crippen LogP contribution in [0.5, 0.6) is 11.5 Å². The zero-order valence-electron chi connectivity index (χ0n) is 18.6. The number of rotatable bonds is 9. The number of aromatic nitrogens is 1. The zero-order chi connectivity index (χ0) is 22.2. The van der Waals surface area contributed by atoms with Crippen molar-refractivity contribution in [3.8, 4) is 11.5 Å². The number of benzene rings is 1. The molecule has 1 amide bonds. The molecule has 8 nitrogen and oxygen atoms in total. The van der Waals surface area contributed by atoms with Crippen LogP contribution in [-0.2, 0) is 11.3 Å². The average Bonchev–Trinajstić information content (AvgIpc) is 2.74. The van der Waals surface area contributed by atoms with Crippen molar-refractivity contribution in [1.29, 1.82) is 0 Å². The van der Waals surface area contributed by atoms with E-state index < -0.39 is 0 Å². The summed E-state index contributed by atoms with van der Waals surface area (Å²) in [5.74, 6) is 1.82. The normalized spacial score (nSPS) is 14.8. The molecule has 0 bridgehead atoms. The fourth-order valence-electron chi connectivity index (χ4n) is 3.76. The number of carbonyl (C=O) groups is 1. The lowest BCUT2D eigenvalue weighted by molar-refractivity contribution is -0.114. The van der Waals surface area contributed by atoms with Gasteiger partial charge in [0.1, 0.15) is 23.0 Å². The van der Waals surface area contributed by atoms with Crippen LogP contribution < -0.4 is 25.8 Å². The number of nitrogens with one attached hydrogen (secondary N) is 2. The highest BCUT2D eigenvalue weighted by molar-refractivity contribution is 5.87. The second kappa shape index (κ2) is 10.9. The van der Waals surface area contributed by atoms with E-state index in [4.69, 9.17) is 15.2 Å². The number of pyridine rings is 1. The summed E-state index contributed by atoms with van der Waals surface area (Å²) in [7, 11) is 0. The highest BCUT2D eigenvalue weighted by Crippen LogP contribution is 2.34. The Morgan fingerprint density at radius 1 is 1.16 bits per heavy atom. The standard InChI is InChI=1S/C23H33N5O3/c1-4-30-20-12-17(13-21(23(20)24)31-5-2)15-28-10-8-18(9-11-28)27-19-6-7-22(25-14-19)26-16(3)29/h6-7,12-14,18,27H,4-5,8-11,15,24H2,1-3H3,(H,25,26,29). The number of likely N-dealkylation sites (tertiary alicyclic amines) is 1. The molecule has 0 spiro atoms. The van der Waals surface area contributed by atoms with E-state index in [1.807, 2.05) is 38.1 Å². The summed E-state index contributed by atoms with van der Waals surface area (Å²) in [5, 5.41) is 6.23. The monoisotopic (exact) mass is 427 g/mol. The molecule has 1 aromatic carbocycles. The maximum atomic E-state index is 11.1. The van der Waals surface area contributed by atoms with Gasteiger partial charge in [-0.15, -0.1) is 0 Å². The number of nitrogen functional groups attached to an aromatic ring is 1. The van der Waals surface area contributed by atoms with Gasteiger partial charge in [-0.1, -0.05) is 0 Å². The number of nitrogens with zero attached hydrogens (tertiary/aromatic N) is 2. The smallest absolute Gasteiger partial charge is 0.222 e. The van der Waals surface area contributed by atoms with E-state index in [1.54, 1.807) is 6.20 Å². The van der Waals surface area contributed by atoms with Crippen LogP contribution in [0.4, 0.5) is 17.2 Å². The molecule has 2 heterocycles. The van der Waals surface area contributed by atoms with Crippen LogP contribution in [0.2, 0.25) is 0 Å². The molecule has 0 radical (unpaired) electrons. The second-order valence-corrected chi connectivity index (χ2v) is 7.68. The van der Waals surface area contributed by atoms with Gasteiger partial charge >= 0.3 is 0 Å². The number of piperidine rings is 1. The van der Waals surface area contributed by atoms with Gasteiger partial charge in [-0.25, -0.2) is 4.98 Å². The number of amides is 1. The summed E-state index contributed by atoms with van der Waals surface area (Å²) in [4.78, 5) is 17.8. The molecule has 0 saturated carbocycles. The van der Waals surface area contributed by atoms with Crippen molar-refractivity contribution in [2.24, 2.45) is 0 Å². The van der Waals surface area contributed by atoms with Crippen molar-refractivity contribution in [2.45, 2.75) is 46.2 Å². The molecule has 4 N–H and O–H groups in total. The zero-order valence-corrected chi connectivity index (χ0v) is 18.6. The van der Waals surface area contributed by atoms with Gasteiger partial charge in [0.15, 0.2) is 0 Å². The topological polar surface area (TPSA) is 102 Å². The summed E-state index contributed by atoms with van der Waals surface area (Å²) >= 11 is 0. The first kappa shape index (κ1) is 22.7. The first-order valence-electron chi connectivity index (χ1n) is 10.9. The Bertz CT molecular complexity index is 837. The van der Waals surface area contributed by atoms with E-state index in [9.17, 15) is 4.79 Å². The number of hydrogen-bond donors (Lipinski definition) is 3. The minimum absolute atomic E-state index is 0.122. The average molecular weight is 428 g/mol. The van der Waals surface area contributed by atoms with Crippen LogP contribution in [0, 0.1) is 0 Å². The fraction of sp³-hybridized carbons (Fsp3) is 0.478. The van der Waals surface area contributed by atoms with Gasteiger partial charge in [0.25, 0.3) is 0 Å². The molecule has 1 saturated heterocycles. The Labute approximate surface area is 184 Å². The number of anilines is 3. The van der Waals surface area contributed by atoms with E-state index in [1.165, 1.54) is 6.92 Å². The highest BCUT2D eigenvalue weighted by Gasteiger charge is 2.20. The third-order valence-corrected chi connectivity index (χ3v) is 5.20. The van der Waals surface area contributed by atoms with Gasteiger partial charge in [-0.05, 0) is 56.5 Å². The first-order chi connectivity index (χ1) is 15.0. The molecule has 1 aromatic heterocycles. The molecule has 0 unspecified atom stereocenters. The molecule has 1 aliphatic rings. The summed E-state index contributed by atoms with van der Waals surface area (Å²) in [5.41, 5.74) is 8.86. The highest BCUT2D eigenvalue weighted by atomic mass is 16.5. The molecule has 2 aromatic rings. The lowest BCUT2D eigenvalue weighted by atomic mass is 10.0. The number of ether oxygens (including phenoxy) is 2. The number of hydrogen-bond acceptors (Lipinski definition) is 7. The fourth-order valence-corrected chi connectivity index (χ4v) is 3.76. The van der Waals surface area contributed by atoms with Crippen LogP contribution >= 0.6 is 0 Å². The minimum Gasteiger partial charge on any atom is -0.492 e. The lowest BCUT2D eigenvalue weighted by Crippen LogP contribution is -2.38. The van der Waals surface area contributed by atoms with Crippen molar-refractivity contribution in [3.63, 3.8) is 0 Å². The second-order valence-electron chi connectivity index (χ2n) is 7.68. The van der Waals surface area contributed by atoms with Crippen molar-refractivity contribution >= 4 is 23.1 Å². The van der Waals surface area contributed by atoms with Gasteiger partial charge in [-0.3, -0.25) is 9.69 Å². The van der Waals surface area contributed by atoms with Crippen molar-refractivity contribution < 1.29 is 14.3 Å². The van der Waals surface area contributed by atoms with Gasteiger partial charge in [0.2, 0.25) is 5.91 Å². The Kier molecular flexibility index (Phi) is 7.94. The molecule has 8 heteroatoms. The summed E-state index contributed by atoms with van der Waals surface area (Å²) in [6.07, 6.45) is 3.84. The van der Waals surface area contributed by atoms with Gasteiger partial charge in [0.05, 0.1) is 25.1 Å². The predicted molar refractivity (Wildman–Crippen MR) is 124 cm³/mol. The number of nitrogens with two attached hydrogens (primary N) is 1. The summed E-state index contributed by atoms with van der Waals surface area (Å²) in [6.45, 7) is 9.33. The van der Waals surface area contributed by atoms with E-state index in [0.717, 1.165) is 43.7 Å². The van der Waals surface area contributed by atoms with Crippen LogP contribution in [0.25, 0.3) is 0 Å². The van der Waals surface area contributed by atoms with E-state index in [-0.39, 0.29) is 5.91 Å². The van der Waals surface area contributed by atoms with E-state index in [2.05, 4.69) is 20.5 Å². The Balaban J connectivity index is 1.54. The van der Waals surface area contributed by atoms with Crippen LogP contribution in [-0.4, -0.2) is 48.1 Å². The Hall–Kier alpha value is -3.00. The molecule has 3 rings (SSSR count). The van der Waals surface area contributed by atoms with Crippen molar-refractivity contribution in [2.75, 3.05) is 42.7 Å². The van der Waals surface area contributed by atoms with E-state index in [0.29, 0.717) is 42.3 Å². The quantitative estimate of drug-likeness (QED) is 0.527. The Morgan fingerprint density at radius 2 is 1.81 bits per heavy atom. The summed E-state index contributed by atoms with van der Waals surface area (Å²) in [6, 6.07) is 8.20. The SMILES string of the molecule is CCOc1cc(CN2CCC(Nc3ccc(NC(C)=O)nc3)CC2)cc(OCC)c1N. The first-order valence-corrected chi connectivity index (χ1v) is 10.9. The third kappa shape index (κ3) is 6.49. The maximum Gasteiger partial charge on any atom is 0.222 e. The lowest BCUT2D eigenvalue weighted by Gasteiger charge is -2.33. The summed E-state index contributed by atoms with van der Waals surface area (Å²) < 4.78 is 11.4. The van der Waals surface area contributed by atoms with E-state index >= 15 is 0 Å². The molecular weight excluding hydrogens is 394 g/mol. The largest absolute Gasteiger partial charge is 0.492 e. The molecule has 1 fully saturated rings. The predicted octanol–water partition coefficient (Wildman–Crippen LogP) is 3.50.